The molecule has 0 aliphatic carbocycles. The summed E-state index contributed by atoms with van der Waals surface area (Å²) in [6, 6.07) is 5.69. The molecule has 2 heterocycles. The minimum atomic E-state index is -0.121. The maximum absolute atomic E-state index is 11.7. The molecule has 3 rings (SSSR count). The molecule has 0 atom stereocenters. The molecular weight excluding hydrogens is 254 g/mol. The Kier molecular flexibility index (Phi) is 2.78. The van der Waals surface area contributed by atoms with E-state index >= 15 is 0 Å². The number of amides is 1. The number of hydrogen-bond acceptors (Lipinski definition) is 4. The summed E-state index contributed by atoms with van der Waals surface area (Å²) in [4.78, 5) is 23.2. The number of nitrogen functional groups attached to an aromatic ring is 1. The molecule has 1 aromatic carbocycles. The van der Waals surface area contributed by atoms with Crippen LogP contribution in [-0.4, -0.2) is 20.9 Å². The smallest absolute Gasteiger partial charge is 0.229 e. The quantitative estimate of drug-likeness (QED) is 0.665. The zero-order valence-corrected chi connectivity index (χ0v) is 11.3. The maximum atomic E-state index is 11.7. The van der Waals surface area contributed by atoms with Crippen molar-refractivity contribution in [3.8, 4) is 0 Å². The van der Waals surface area contributed by atoms with Crippen molar-refractivity contribution in [2.75, 3.05) is 11.1 Å². The van der Waals surface area contributed by atoms with Gasteiger partial charge >= 0.3 is 0 Å². The number of carbonyl (C=O) groups excluding carboxylic acids is 1. The number of aromatic nitrogens is 3. The molecule has 2 aromatic heterocycles. The van der Waals surface area contributed by atoms with Gasteiger partial charge in [0, 0.05) is 22.9 Å². The Hall–Kier alpha value is -2.63. The normalized spacial score (nSPS) is 11.3. The van der Waals surface area contributed by atoms with E-state index < -0.39 is 0 Å². The second-order valence-electron chi connectivity index (χ2n) is 4.98. The van der Waals surface area contributed by atoms with Gasteiger partial charge in [-0.25, -0.2) is 0 Å². The van der Waals surface area contributed by atoms with Crippen LogP contribution in [0.2, 0.25) is 0 Å². The van der Waals surface area contributed by atoms with E-state index in [9.17, 15) is 4.79 Å². The van der Waals surface area contributed by atoms with Crippen LogP contribution in [0.5, 0.6) is 0 Å². The Bertz CT molecular complexity index is 806. The van der Waals surface area contributed by atoms with Crippen molar-refractivity contribution >= 4 is 39.5 Å². The number of rotatable bonds is 2. The number of H-pyrrole nitrogens is 1. The molecule has 0 saturated heterocycles. The summed E-state index contributed by atoms with van der Waals surface area (Å²) >= 11 is 0. The summed E-state index contributed by atoms with van der Waals surface area (Å²) in [7, 11) is 0. The highest BCUT2D eigenvalue weighted by molar-refractivity contribution is 6.10. The van der Waals surface area contributed by atoms with E-state index in [1.807, 2.05) is 32.0 Å². The van der Waals surface area contributed by atoms with Gasteiger partial charge in [0.2, 0.25) is 11.9 Å². The summed E-state index contributed by atoms with van der Waals surface area (Å²) in [6.07, 6.45) is 1.73. The van der Waals surface area contributed by atoms with Crippen LogP contribution in [0.15, 0.2) is 24.4 Å². The van der Waals surface area contributed by atoms with Gasteiger partial charge in [-0.3, -0.25) is 15.1 Å². The third-order valence-electron chi connectivity index (χ3n) is 3.18. The number of fused-ring (bicyclic) bond motifs is 3. The molecular formula is C14H15N5O. The number of nitrogens with one attached hydrogen (secondary N) is 2. The molecule has 20 heavy (non-hydrogen) atoms. The molecule has 0 unspecified atom stereocenters. The molecule has 0 aliphatic heterocycles. The molecule has 0 saturated carbocycles. The summed E-state index contributed by atoms with van der Waals surface area (Å²) < 4.78 is 0. The lowest BCUT2D eigenvalue weighted by Gasteiger charge is -2.10. The number of benzene rings is 1. The van der Waals surface area contributed by atoms with Gasteiger partial charge in [0.1, 0.15) is 5.82 Å². The largest absolute Gasteiger partial charge is 0.383 e. The predicted molar refractivity (Wildman–Crippen MR) is 79.3 cm³/mol. The number of aromatic amines is 1. The van der Waals surface area contributed by atoms with Crippen molar-refractivity contribution in [2.45, 2.75) is 13.8 Å². The van der Waals surface area contributed by atoms with E-state index in [2.05, 4.69) is 20.3 Å². The van der Waals surface area contributed by atoms with E-state index in [0.717, 1.165) is 21.8 Å². The molecule has 3 aromatic rings. The first kappa shape index (κ1) is 12.4. The summed E-state index contributed by atoms with van der Waals surface area (Å²) in [6.45, 7) is 3.64. The standard InChI is InChI=1S/C14H15N5O/c1-7(2)13(20)19-14-17-10-4-3-9-8(5-6-16-9)11(10)12(15)18-14/h3-7H,15H2,1-2H3,(H2,17,18,19,20). The fourth-order valence-electron chi connectivity index (χ4n) is 2.11. The predicted octanol–water partition coefficient (Wildman–Crippen LogP) is 2.29. The van der Waals surface area contributed by atoms with Gasteiger partial charge in [-0.1, -0.05) is 13.8 Å². The van der Waals surface area contributed by atoms with Gasteiger partial charge in [-0.05, 0) is 18.2 Å². The number of carbonyl (C=O) groups is 1. The fraction of sp³-hybridized carbons (Fsp3) is 0.214. The van der Waals surface area contributed by atoms with Crippen LogP contribution in [0, 0.1) is 5.92 Å². The lowest BCUT2D eigenvalue weighted by molar-refractivity contribution is -0.118. The van der Waals surface area contributed by atoms with Gasteiger partial charge in [-0.2, -0.15) is 4.98 Å². The molecule has 6 heteroatoms. The van der Waals surface area contributed by atoms with Crippen molar-refractivity contribution in [3.05, 3.63) is 24.4 Å². The second-order valence-corrected chi connectivity index (χ2v) is 4.98. The molecule has 0 radical (unpaired) electrons. The monoisotopic (exact) mass is 269 g/mol. The van der Waals surface area contributed by atoms with Crippen LogP contribution in [-0.2, 0) is 4.79 Å². The molecule has 4 N–H and O–H groups in total. The second kappa shape index (κ2) is 4.48. The number of anilines is 2. The first-order valence-corrected chi connectivity index (χ1v) is 6.40. The number of nitrogens with zero attached hydrogens (tertiary/aromatic N) is 2. The van der Waals surface area contributed by atoms with Gasteiger partial charge in [0.15, 0.2) is 0 Å². The Balaban J connectivity index is 2.15. The topological polar surface area (TPSA) is 96.7 Å². The van der Waals surface area contributed by atoms with E-state index in [1.165, 1.54) is 0 Å². The van der Waals surface area contributed by atoms with Crippen LogP contribution in [0.4, 0.5) is 11.8 Å². The Morgan fingerprint density at radius 3 is 2.90 bits per heavy atom. The lowest BCUT2D eigenvalue weighted by Crippen LogP contribution is -2.19. The molecule has 1 amide bonds. The number of nitrogens with two attached hydrogens (primary N) is 1. The average Bonchev–Trinajstić information content (AvgIpc) is 2.86. The van der Waals surface area contributed by atoms with Crippen molar-refractivity contribution < 1.29 is 4.79 Å². The molecule has 0 fully saturated rings. The van der Waals surface area contributed by atoms with Crippen LogP contribution in [0.3, 0.4) is 0 Å². The highest BCUT2D eigenvalue weighted by atomic mass is 16.1. The first-order chi connectivity index (χ1) is 9.56. The molecule has 0 spiro atoms. The molecule has 102 valence electrons. The summed E-state index contributed by atoms with van der Waals surface area (Å²) in [5, 5.41) is 4.49. The Morgan fingerprint density at radius 1 is 1.35 bits per heavy atom. The highest BCUT2D eigenvalue weighted by Crippen LogP contribution is 2.28. The lowest BCUT2D eigenvalue weighted by atomic mass is 10.1. The highest BCUT2D eigenvalue weighted by Gasteiger charge is 2.12. The zero-order valence-electron chi connectivity index (χ0n) is 11.3. The third-order valence-corrected chi connectivity index (χ3v) is 3.18. The van der Waals surface area contributed by atoms with Crippen molar-refractivity contribution in [3.63, 3.8) is 0 Å². The minimum Gasteiger partial charge on any atom is -0.383 e. The summed E-state index contributed by atoms with van der Waals surface area (Å²) in [5.74, 6) is 0.497. The van der Waals surface area contributed by atoms with Gasteiger partial charge in [0.25, 0.3) is 0 Å². The summed E-state index contributed by atoms with van der Waals surface area (Å²) in [5.41, 5.74) is 7.71. The van der Waals surface area contributed by atoms with E-state index in [1.54, 1.807) is 6.20 Å². The van der Waals surface area contributed by atoms with Gasteiger partial charge in [-0.15, -0.1) is 0 Å². The van der Waals surface area contributed by atoms with Gasteiger partial charge < -0.3 is 10.7 Å². The maximum Gasteiger partial charge on any atom is 0.229 e. The van der Waals surface area contributed by atoms with E-state index in [-0.39, 0.29) is 11.8 Å². The molecule has 0 aliphatic rings. The first-order valence-electron chi connectivity index (χ1n) is 6.40. The SMILES string of the molecule is CC(C)C(=O)Nc1nc(N)c2c(ccc3nccc32)[nH]1. The van der Waals surface area contributed by atoms with Crippen molar-refractivity contribution in [1.82, 2.24) is 15.0 Å². The van der Waals surface area contributed by atoms with E-state index in [4.69, 9.17) is 5.73 Å². The zero-order chi connectivity index (χ0) is 14.3. The molecule has 0 bridgehead atoms. The van der Waals surface area contributed by atoms with Crippen LogP contribution < -0.4 is 11.1 Å². The van der Waals surface area contributed by atoms with Crippen molar-refractivity contribution in [1.29, 1.82) is 0 Å². The number of hydrogen-bond donors (Lipinski definition) is 3. The van der Waals surface area contributed by atoms with Gasteiger partial charge in [0.05, 0.1) is 11.0 Å². The van der Waals surface area contributed by atoms with Crippen LogP contribution in [0.25, 0.3) is 21.8 Å². The van der Waals surface area contributed by atoms with E-state index in [0.29, 0.717) is 11.8 Å². The van der Waals surface area contributed by atoms with Crippen molar-refractivity contribution in [2.24, 2.45) is 5.92 Å². The van der Waals surface area contributed by atoms with Crippen LogP contribution >= 0.6 is 0 Å². The third kappa shape index (κ3) is 1.95. The Labute approximate surface area is 115 Å². The molecule has 6 nitrogen and oxygen atoms in total. The Morgan fingerprint density at radius 2 is 2.15 bits per heavy atom. The van der Waals surface area contributed by atoms with Crippen LogP contribution in [0.1, 0.15) is 13.8 Å². The average molecular weight is 269 g/mol. The fourth-order valence-corrected chi connectivity index (χ4v) is 2.11. The minimum absolute atomic E-state index is 0.108.